The van der Waals surface area contributed by atoms with Gasteiger partial charge in [-0.05, 0) is 48.5 Å². The molecule has 0 bridgehead atoms. The summed E-state index contributed by atoms with van der Waals surface area (Å²) in [5.74, 6) is -0.439. The molecule has 3 heterocycles. The minimum absolute atomic E-state index is 0.0994. The molecule has 1 fully saturated rings. The van der Waals surface area contributed by atoms with Crippen LogP contribution in [0.4, 0.5) is 11.4 Å². The zero-order chi connectivity index (χ0) is 24.6. The molecule has 12 heteroatoms. The number of aromatic nitrogens is 2. The van der Waals surface area contributed by atoms with Crippen LogP contribution < -0.4 is 9.03 Å². The van der Waals surface area contributed by atoms with E-state index in [2.05, 4.69) is 14.7 Å². The highest BCUT2D eigenvalue weighted by Crippen LogP contribution is 2.31. The SMILES string of the molecule is O=S(=O)(Nc1cccc(-c2ccc3cnccc3n2)c1)c1ccc(N2CCOCS2(=O)=O)cc1Cl. The third-order valence-corrected chi connectivity index (χ3v) is 8.79. The lowest BCUT2D eigenvalue weighted by molar-refractivity contribution is 0.175. The van der Waals surface area contributed by atoms with Gasteiger partial charge in [-0.2, -0.15) is 0 Å². The van der Waals surface area contributed by atoms with E-state index in [1.165, 1.54) is 18.2 Å². The minimum atomic E-state index is -4.06. The summed E-state index contributed by atoms with van der Waals surface area (Å²) in [4.78, 5) is 8.53. The molecule has 9 nitrogen and oxygen atoms in total. The monoisotopic (exact) mass is 530 g/mol. The molecule has 0 aliphatic carbocycles. The Morgan fingerprint density at radius 3 is 2.71 bits per heavy atom. The van der Waals surface area contributed by atoms with Crippen molar-refractivity contribution in [3.63, 3.8) is 0 Å². The topological polar surface area (TPSA) is 119 Å². The average molecular weight is 531 g/mol. The van der Waals surface area contributed by atoms with E-state index in [-0.39, 0.29) is 28.8 Å². The van der Waals surface area contributed by atoms with Crippen LogP contribution in [0.1, 0.15) is 0 Å². The van der Waals surface area contributed by atoms with Crippen molar-refractivity contribution in [2.45, 2.75) is 4.90 Å². The Kier molecular flexibility index (Phi) is 6.09. The summed E-state index contributed by atoms with van der Waals surface area (Å²) < 4.78 is 59.4. The van der Waals surface area contributed by atoms with Gasteiger partial charge in [0.05, 0.1) is 35.1 Å². The number of benzene rings is 2. The molecule has 0 atom stereocenters. The van der Waals surface area contributed by atoms with E-state index < -0.39 is 26.0 Å². The molecule has 180 valence electrons. The molecule has 0 amide bonds. The third kappa shape index (κ3) is 4.80. The van der Waals surface area contributed by atoms with Crippen LogP contribution in [-0.2, 0) is 24.8 Å². The summed E-state index contributed by atoms with van der Waals surface area (Å²) in [5, 5.41) is 0.800. The first-order valence-electron chi connectivity index (χ1n) is 10.4. The number of sulfonamides is 2. The number of anilines is 2. The van der Waals surface area contributed by atoms with E-state index >= 15 is 0 Å². The van der Waals surface area contributed by atoms with Crippen LogP contribution in [0.2, 0.25) is 5.02 Å². The van der Waals surface area contributed by atoms with Crippen LogP contribution >= 0.6 is 11.6 Å². The van der Waals surface area contributed by atoms with Crippen molar-refractivity contribution in [2.24, 2.45) is 0 Å². The summed E-state index contributed by atoms with van der Waals surface area (Å²) in [6.07, 6.45) is 3.38. The second-order valence-electron chi connectivity index (χ2n) is 7.78. The van der Waals surface area contributed by atoms with Gasteiger partial charge < -0.3 is 4.74 Å². The van der Waals surface area contributed by atoms with Gasteiger partial charge >= 0.3 is 0 Å². The Labute approximate surface area is 207 Å². The smallest absolute Gasteiger partial charge is 0.263 e. The number of halogens is 1. The Bertz CT molecular complexity index is 1650. The fraction of sp³-hybridized carbons (Fsp3) is 0.130. The summed E-state index contributed by atoms with van der Waals surface area (Å²) >= 11 is 6.29. The van der Waals surface area contributed by atoms with Crippen LogP contribution in [0.15, 0.2) is 78.0 Å². The van der Waals surface area contributed by atoms with Crippen molar-refractivity contribution in [3.05, 3.63) is 78.1 Å². The lowest BCUT2D eigenvalue weighted by Crippen LogP contribution is -2.41. The highest BCUT2D eigenvalue weighted by atomic mass is 35.5. The highest BCUT2D eigenvalue weighted by Gasteiger charge is 2.28. The standard InChI is InChI=1S/C23H19ClN4O5S2/c24-20-13-19(28-10-11-33-15-34(28,29)30)5-7-23(20)35(31,32)27-18-3-1-2-16(12-18)21-6-4-17-14-25-9-8-22(17)26-21/h1-9,12-14,27H,10-11,15H2. The van der Waals surface area contributed by atoms with Crippen molar-refractivity contribution in [1.29, 1.82) is 0 Å². The normalized spacial score (nSPS) is 15.7. The second kappa shape index (κ2) is 9.08. The zero-order valence-corrected chi connectivity index (χ0v) is 20.5. The van der Waals surface area contributed by atoms with Gasteiger partial charge in [0.1, 0.15) is 4.90 Å². The molecule has 35 heavy (non-hydrogen) atoms. The molecule has 4 aromatic rings. The van der Waals surface area contributed by atoms with Gasteiger partial charge in [0, 0.05) is 29.0 Å². The fourth-order valence-electron chi connectivity index (χ4n) is 3.75. The summed E-state index contributed by atoms with van der Waals surface area (Å²) in [6, 6.07) is 16.4. The largest absolute Gasteiger partial charge is 0.362 e. The molecule has 1 aliphatic heterocycles. The van der Waals surface area contributed by atoms with Crippen molar-refractivity contribution < 1.29 is 21.6 Å². The van der Waals surface area contributed by atoms with Gasteiger partial charge in [0.2, 0.25) is 0 Å². The summed E-state index contributed by atoms with van der Waals surface area (Å²) in [6.45, 7) is 0.354. The Morgan fingerprint density at radius 2 is 1.91 bits per heavy atom. The number of rotatable bonds is 5. The van der Waals surface area contributed by atoms with E-state index in [1.54, 1.807) is 36.7 Å². The highest BCUT2D eigenvalue weighted by molar-refractivity contribution is 7.93. The summed E-state index contributed by atoms with van der Waals surface area (Å²) in [7, 11) is -7.71. The van der Waals surface area contributed by atoms with E-state index in [0.29, 0.717) is 11.4 Å². The van der Waals surface area contributed by atoms with E-state index in [9.17, 15) is 16.8 Å². The number of hydrogen-bond acceptors (Lipinski definition) is 7. The molecule has 2 aromatic heterocycles. The van der Waals surface area contributed by atoms with Crippen LogP contribution in [-0.4, -0.2) is 45.9 Å². The Morgan fingerprint density at radius 1 is 1.06 bits per heavy atom. The maximum atomic E-state index is 13.1. The van der Waals surface area contributed by atoms with Crippen LogP contribution in [0, 0.1) is 0 Å². The van der Waals surface area contributed by atoms with Gasteiger partial charge in [0.25, 0.3) is 20.0 Å². The van der Waals surface area contributed by atoms with Crippen molar-refractivity contribution in [1.82, 2.24) is 9.97 Å². The van der Waals surface area contributed by atoms with Gasteiger partial charge in [-0.3, -0.25) is 14.0 Å². The summed E-state index contributed by atoms with van der Waals surface area (Å²) in [5.41, 5.74) is 2.78. The lowest BCUT2D eigenvalue weighted by atomic mass is 10.1. The van der Waals surface area contributed by atoms with Crippen molar-refractivity contribution >= 4 is 53.9 Å². The maximum Gasteiger partial charge on any atom is 0.263 e. The van der Waals surface area contributed by atoms with Gasteiger partial charge in [0.15, 0.2) is 5.94 Å². The molecule has 1 saturated heterocycles. The Balaban J connectivity index is 1.42. The number of ether oxygens (including phenoxy) is 1. The molecule has 2 aromatic carbocycles. The first-order chi connectivity index (χ1) is 16.7. The molecule has 0 spiro atoms. The molecular formula is C23H19ClN4O5S2. The predicted octanol–water partition coefficient (Wildman–Crippen LogP) is 3.87. The van der Waals surface area contributed by atoms with Gasteiger partial charge in [-0.1, -0.05) is 23.7 Å². The molecular weight excluding hydrogens is 512 g/mol. The number of fused-ring (bicyclic) bond motifs is 1. The quantitative estimate of drug-likeness (QED) is 0.416. The van der Waals surface area contributed by atoms with Crippen LogP contribution in [0.3, 0.4) is 0 Å². The van der Waals surface area contributed by atoms with Crippen molar-refractivity contribution in [2.75, 3.05) is 28.1 Å². The zero-order valence-electron chi connectivity index (χ0n) is 18.1. The molecule has 0 unspecified atom stereocenters. The van der Waals surface area contributed by atoms with E-state index in [1.807, 2.05) is 18.2 Å². The van der Waals surface area contributed by atoms with E-state index in [4.69, 9.17) is 16.3 Å². The fourth-order valence-corrected chi connectivity index (χ4v) is 6.58. The van der Waals surface area contributed by atoms with Gasteiger partial charge in [-0.15, -0.1) is 0 Å². The van der Waals surface area contributed by atoms with Crippen LogP contribution in [0.5, 0.6) is 0 Å². The Hall–Kier alpha value is -3.25. The minimum Gasteiger partial charge on any atom is -0.362 e. The second-order valence-corrected chi connectivity index (χ2v) is 11.7. The molecule has 5 rings (SSSR count). The van der Waals surface area contributed by atoms with Crippen molar-refractivity contribution in [3.8, 4) is 11.3 Å². The molecule has 1 aliphatic rings. The number of pyridine rings is 2. The first-order valence-corrected chi connectivity index (χ1v) is 13.9. The average Bonchev–Trinajstić information content (AvgIpc) is 2.83. The molecule has 0 radical (unpaired) electrons. The van der Waals surface area contributed by atoms with Gasteiger partial charge in [-0.25, -0.2) is 21.8 Å². The number of hydrogen-bond donors (Lipinski definition) is 1. The predicted molar refractivity (Wildman–Crippen MR) is 134 cm³/mol. The van der Waals surface area contributed by atoms with Crippen LogP contribution in [0.25, 0.3) is 22.2 Å². The number of nitrogens with one attached hydrogen (secondary N) is 1. The third-order valence-electron chi connectivity index (χ3n) is 5.40. The maximum absolute atomic E-state index is 13.1. The first kappa shape index (κ1) is 23.5. The molecule has 1 N–H and O–H groups in total. The lowest BCUT2D eigenvalue weighted by Gasteiger charge is -2.28. The number of nitrogens with zero attached hydrogens (tertiary/aromatic N) is 3. The molecule has 0 saturated carbocycles. The van der Waals surface area contributed by atoms with E-state index in [0.717, 1.165) is 20.8 Å².